The SMILES string of the molecule is C[C@@H](O)c1cccnc1Sc1cc(F)ccc1F. The first-order valence-electron chi connectivity index (χ1n) is 5.34. The molecule has 0 fully saturated rings. The smallest absolute Gasteiger partial charge is 0.137 e. The maximum atomic E-state index is 13.5. The highest BCUT2D eigenvalue weighted by Crippen LogP contribution is 2.33. The van der Waals surface area contributed by atoms with Crippen molar-refractivity contribution in [1.82, 2.24) is 4.98 Å². The van der Waals surface area contributed by atoms with Gasteiger partial charge in [0, 0.05) is 11.8 Å². The highest BCUT2D eigenvalue weighted by atomic mass is 32.2. The molecule has 2 aromatic rings. The van der Waals surface area contributed by atoms with Gasteiger partial charge < -0.3 is 5.11 Å². The number of nitrogens with zero attached hydrogens (tertiary/aromatic N) is 1. The number of aliphatic hydroxyl groups excluding tert-OH is 1. The van der Waals surface area contributed by atoms with Crippen LogP contribution in [0.2, 0.25) is 0 Å². The van der Waals surface area contributed by atoms with Crippen LogP contribution in [0.15, 0.2) is 46.5 Å². The van der Waals surface area contributed by atoms with E-state index in [0.29, 0.717) is 10.6 Å². The van der Waals surface area contributed by atoms with Crippen LogP contribution < -0.4 is 0 Å². The molecule has 1 heterocycles. The fourth-order valence-electron chi connectivity index (χ4n) is 1.47. The second-order valence-electron chi connectivity index (χ2n) is 3.75. The number of pyridine rings is 1. The fourth-order valence-corrected chi connectivity index (χ4v) is 2.48. The number of aromatic nitrogens is 1. The molecule has 2 nitrogen and oxygen atoms in total. The average Bonchev–Trinajstić information content (AvgIpc) is 2.34. The molecule has 1 aromatic heterocycles. The molecule has 1 aromatic carbocycles. The lowest BCUT2D eigenvalue weighted by Gasteiger charge is -2.10. The molecule has 94 valence electrons. The number of halogens is 2. The van der Waals surface area contributed by atoms with Gasteiger partial charge in [0.05, 0.1) is 11.0 Å². The summed E-state index contributed by atoms with van der Waals surface area (Å²) >= 11 is 0.997. The van der Waals surface area contributed by atoms with Gasteiger partial charge in [-0.2, -0.15) is 0 Å². The minimum absolute atomic E-state index is 0.149. The minimum Gasteiger partial charge on any atom is -0.389 e. The van der Waals surface area contributed by atoms with Gasteiger partial charge in [0.2, 0.25) is 0 Å². The predicted molar refractivity (Wildman–Crippen MR) is 65.4 cm³/mol. The third-order valence-corrected chi connectivity index (χ3v) is 3.42. The topological polar surface area (TPSA) is 33.1 Å². The van der Waals surface area contributed by atoms with Crippen molar-refractivity contribution in [2.75, 3.05) is 0 Å². The van der Waals surface area contributed by atoms with E-state index in [-0.39, 0.29) is 4.90 Å². The molecule has 5 heteroatoms. The van der Waals surface area contributed by atoms with Crippen LogP contribution in [0.3, 0.4) is 0 Å². The van der Waals surface area contributed by atoms with Crippen LogP contribution in [-0.4, -0.2) is 10.1 Å². The highest BCUT2D eigenvalue weighted by Gasteiger charge is 2.12. The maximum Gasteiger partial charge on any atom is 0.137 e. The van der Waals surface area contributed by atoms with Gasteiger partial charge in [-0.3, -0.25) is 0 Å². The molecule has 2 rings (SSSR count). The fraction of sp³-hybridized carbons (Fsp3) is 0.154. The Hall–Kier alpha value is -1.46. The third kappa shape index (κ3) is 2.86. The van der Waals surface area contributed by atoms with E-state index in [1.807, 2.05) is 0 Å². The molecule has 0 radical (unpaired) electrons. The van der Waals surface area contributed by atoms with Crippen molar-refractivity contribution in [2.24, 2.45) is 0 Å². The average molecular weight is 267 g/mol. The third-order valence-electron chi connectivity index (χ3n) is 2.35. The molecule has 0 aliphatic heterocycles. The van der Waals surface area contributed by atoms with E-state index in [1.165, 1.54) is 0 Å². The van der Waals surface area contributed by atoms with Crippen LogP contribution in [0, 0.1) is 11.6 Å². The van der Waals surface area contributed by atoms with Gasteiger partial charge in [-0.15, -0.1) is 0 Å². The molecule has 1 N–H and O–H groups in total. The first-order valence-corrected chi connectivity index (χ1v) is 6.15. The molecule has 0 aliphatic rings. The van der Waals surface area contributed by atoms with Gasteiger partial charge in [0.25, 0.3) is 0 Å². The van der Waals surface area contributed by atoms with E-state index in [9.17, 15) is 13.9 Å². The van der Waals surface area contributed by atoms with Crippen molar-refractivity contribution in [1.29, 1.82) is 0 Å². The van der Waals surface area contributed by atoms with Gasteiger partial charge >= 0.3 is 0 Å². The Bertz CT molecular complexity index is 560. The Balaban J connectivity index is 2.37. The van der Waals surface area contributed by atoms with Crippen molar-refractivity contribution in [3.05, 3.63) is 53.7 Å². The number of aliphatic hydroxyl groups is 1. The summed E-state index contributed by atoms with van der Waals surface area (Å²) in [7, 11) is 0. The van der Waals surface area contributed by atoms with E-state index in [1.54, 1.807) is 25.3 Å². The molecule has 0 saturated carbocycles. The number of benzene rings is 1. The summed E-state index contributed by atoms with van der Waals surface area (Å²) in [6.07, 6.45) is 0.837. The summed E-state index contributed by atoms with van der Waals surface area (Å²) in [5.74, 6) is -1.02. The lowest BCUT2D eigenvalue weighted by Crippen LogP contribution is -1.96. The van der Waals surface area contributed by atoms with Gasteiger partial charge in [-0.05, 0) is 31.2 Å². The Morgan fingerprint density at radius 2 is 2.06 bits per heavy atom. The second kappa shape index (κ2) is 5.46. The summed E-state index contributed by atoms with van der Waals surface area (Å²) < 4.78 is 26.6. The van der Waals surface area contributed by atoms with Crippen LogP contribution >= 0.6 is 11.8 Å². The normalized spacial score (nSPS) is 12.4. The van der Waals surface area contributed by atoms with Crippen molar-refractivity contribution in [3.8, 4) is 0 Å². The zero-order valence-corrected chi connectivity index (χ0v) is 10.4. The van der Waals surface area contributed by atoms with E-state index in [4.69, 9.17) is 0 Å². The molecular formula is C13H11F2NOS. The Morgan fingerprint density at radius 3 is 2.78 bits per heavy atom. The van der Waals surface area contributed by atoms with Crippen molar-refractivity contribution < 1.29 is 13.9 Å². The van der Waals surface area contributed by atoms with Gasteiger partial charge in [-0.25, -0.2) is 13.8 Å². The molecule has 0 spiro atoms. The van der Waals surface area contributed by atoms with Crippen LogP contribution in [0.1, 0.15) is 18.6 Å². The molecule has 1 atom stereocenters. The van der Waals surface area contributed by atoms with Gasteiger partial charge in [0.1, 0.15) is 16.7 Å². The van der Waals surface area contributed by atoms with E-state index in [2.05, 4.69) is 4.98 Å². The van der Waals surface area contributed by atoms with Crippen LogP contribution in [0.25, 0.3) is 0 Å². The highest BCUT2D eigenvalue weighted by molar-refractivity contribution is 7.99. The number of hydrogen-bond donors (Lipinski definition) is 1. The van der Waals surface area contributed by atoms with Crippen molar-refractivity contribution in [2.45, 2.75) is 22.9 Å². The Labute approximate surface area is 108 Å². The lowest BCUT2D eigenvalue weighted by atomic mass is 10.2. The monoisotopic (exact) mass is 267 g/mol. The molecule has 0 amide bonds. The van der Waals surface area contributed by atoms with Crippen LogP contribution in [0.5, 0.6) is 0 Å². The molecular weight excluding hydrogens is 256 g/mol. The molecule has 0 aliphatic carbocycles. The number of hydrogen-bond acceptors (Lipinski definition) is 3. The van der Waals surface area contributed by atoms with Crippen LogP contribution in [0.4, 0.5) is 8.78 Å². The van der Waals surface area contributed by atoms with E-state index >= 15 is 0 Å². The minimum atomic E-state index is -0.710. The molecule has 0 unspecified atom stereocenters. The predicted octanol–water partition coefficient (Wildman–Crippen LogP) is 3.56. The summed E-state index contributed by atoms with van der Waals surface area (Å²) in [5, 5.41) is 10.1. The molecule has 18 heavy (non-hydrogen) atoms. The quantitative estimate of drug-likeness (QED) is 0.923. The second-order valence-corrected chi connectivity index (χ2v) is 4.78. The van der Waals surface area contributed by atoms with Crippen molar-refractivity contribution in [3.63, 3.8) is 0 Å². The first-order chi connectivity index (χ1) is 8.58. The van der Waals surface area contributed by atoms with Gasteiger partial charge in [-0.1, -0.05) is 17.8 Å². The summed E-state index contributed by atoms with van der Waals surface area (Å²) in [6.45, 7) is 1.60. The summed E-state index contributed by atoms with van der Waals surface area (Å²) in [6, 6.07) is 6.64. The first kappa shape index (κ1) is 13.0. The molecule has 0 saturated heterocycles. The largest absolute Gasteiger partial charge is 0.389 e. The Morgan fingerprint density at radius 1 is 1.28 bits per heavy atom. The lowest BCUT2D eigenvalue weighted by molar-refractivity contribution is 0.195. The number of rotatable bonds is 3. The Kier molecular flexibility index (Phi) is 3.93. The van der Waals surface area contributed by atoms with E-state index in [0.717, 1.165) is 30.0 Å². The van der Waals surface area contributed by atoms with Gasteiger partial charge in [0.15, 0.2) is 0 Å². The standard InChI is InChI=1S/C13H11F2NOS/c1-8(17)10-3-2-6-16-13(10)18-12-7-9(14)4-5-11(12)15/h2-8,17H,1H3/t8-/m1/s1. The van der Waals surface area contributed by atoms with Crippen molar-refractivity contribution >= 4 is 11.8 Å². The zero-order chi connectivity index (χ0) is 13.1. The van der Waals surface area contributed by atoms with Crippen LogP contribution in [-0.2, 0) is 0 Å². The summed E-state index contributed by atoms with van der Waals surface area (Å²) in [5.41, 5.74) is 0.589. The van der Waals surface area contributed by atoms with E-state index < -0.39 is 17.7 Å². The zero-order valence-electron chi connectivity index (χ0n) is 9.60. The molecule has 0 bridgehead atoms. The summed E-state index contributed by atoms with van der Waals surface area (Å²) in [4.78, 5) is 4.23. The maximum absolute atomic E-state index is 13.5.